The minimum atomic E-state index is -0.730. The molecule has 2 aliphatic rings. The molecule has 0 spiro atoms. The number of carboxylic acid groups (broad SMARTS) is 1. The second-order valence-electron chi connectivity index (χ2n) is 7.20. The SMILES string of the molecule is CCN(CCCCC(C)(NC1CC1)C(=O)O)CC1CCC1. The van der Waals surface area contributed by atoms with E-state index in [1.165, 1.54) is 25.8 Å². The molecule has 0 saturated heterocycles. The molecule has 1 unspecified atom stereocenters. The third-order valence-electron chi connectivity index (χ3n) is 5.16. The fraction of sp³-hybridized carbons (Fsp3) is 0.941. The summed E-state index contributed by atoms with van der Waals surface area (Å²) in [7, 11) is 0. The van der Waals surface area contributed by atoms with Crippen molar-refractivity contribution < 1.29 is 9.90 Å². The van der Waals surface area contributed by atoms with Gasteiger partial charge in [0.2, 0.25) is 0 Å². The van der Waals surface area contributed by atoms with Crippen molar-refractivity contribution in [2.45, 2.75) is 76.8 Å². The number of hydrogen-bond donors (Lipinski definition) is 2. The first-order valence-electron chi connectivity index (χ1n) is 8.77. The Kier molecular flexibility index (Phi) is 6.06. The number of rotatable bonds is 11. The lowest BCUT2D eigenvalue weighted by Gasteiger charge is -2.32. The number of carbonyl (C=O) groups is 1. The van der Waals surface area contributed by atoms with Gasteiger partial charge in [-0.15, -0.1) is 0 Å². The number of nitrogens with zero attached hydrogens (tertiary/aromatic N) is 1. The Morgan fingerprint density at radius 3 is 2.48 bits per heavy atom. The van der Waals surface area contributed by atoms with E-state index in [0.29, 0.717) is 6.04 Å². The molecule has 2 aliphatic carbocycles. The first-order chi connectivity index (χ1) is 10.0. The summed E-state index contributed by atoms with van der Waals surface area (Å²) in [5, 5.41) is 12.8. The fourth-order valence-corrected chi connectivity index (χ4v) is 3.15. The van der Waals surface area contributed by atoms with Gasteiger partial charge in [0.15, 0.2) is 0 Å². The smallest absolute Gasteiger partial charge is 0.323 e. The highest BCUT2D eigenvalue weighted by Crippen LogP contribution is 2.27. The zero-order valence-electron chi connectivity index (χ0n) is 13.7. The van der Waals surface area contributed by atoms with Crippen molar-refractivity contribution in [2.75, 3.05) is 19.6 Å². The van der Waals surface area contributed by atoms with Crippen molar-refractivity contribution in [3.63, 3.8) is 0 Å². The second kappa shape index (κ2) is 7.59. The lowest BCUT2D eigenvalue weighted by molar-refractivity contribution is -0.144. The van der Waals surface area contributed by atoms with Gasteiger partial charge in [-0.05, 0) is 70.9 Å². The molecule has 2 N–H and O–H groups in total. The molecule has 0 radical (unpaired) electrons. The van der Waals surface area contributed by atoms with Crippen LogP contribution < -0.4 is 5.32 Å². The zero-order chi connectivity index (χ0) is 15.3. The van der Waals surface area contributed by atoms with Gasteiger partial charge in [0.1, 0.15) is 5.54 Å². The number of aliphatic carboxylic acids is 1. The Balaban J connectivity index is 1.64. The Morgan fingerprint density at radius 1 is 1.29 bits per heavy atom. The molecule has 4 heteroatoms. The lowest BCUT2D eigenvalue weighted by atomic mass is 9.85. The first-order valence-corrected chi connectivity index (χ1v) is 8.77. The van der Waals surface area contributed by atoms with Crippen LogP contribution in [0, 0.1) is 5.92 Å². The standard InChI is InChI=1S/C17H32N2O2/c1-3-19(13-14-7-6-8-14)12-5-4-11-17(2,16(20)21)18-15-9-10-15/h14-15,18H,3-13H2,1-2H3,(H,20,21). The topological polar surface area (TPSA) is 52.6 Å². The lowest BCUT2D eigenvalue weighted by Crippen LogP contribution is -2.50. The molecule has 21 heavy (non-hydrogen) atoms. The molecule has 0 amide bonds. The van der Waals surface area contributed by atoms with Crippen LogP contribution in [0.1, 0.15) is 65.2 Å². The van der Waals surface area contributed by atoms with Crippen molar-refractivity contribution in [1.82, 2.24) is 10.2 Å². The molecule has 4 nitrogen and oxygen atoms in total. The van der Waals surface area contributed by atoms with E-state index < -0.39 is 11.5 Å². The summed E-state index contributed by atoms with van der Waals surface area (Å²) in [6, 6.07) is 0.442. The number of nitrogens with one attached hydrogen (secondary N) is 1. The second-order valence-corrected chi connectivity index (χ2v) is 7.20. The van der Waals surface area contributed by atoms with Crippen LogP contribution in [0.4, 0.5) is 0 Å². The monoisotopic (exact) mass is 296 g/mol. The van der Waals surface area contributed by atoms with E-state index in [4.69, 9.17) is 0 Å². The van der Waals surface area contributed by atoms with E-state index in [1.807, 2.05) is 6.92 Å². The molecule has 0 bridgehead atoms. The van der Waals surface area contributed by atoms with Gasteiger partial charge >= 0.3 is 5.97 Å². The summed E-state index contributed by atoms with van der Waals surface area (Å²) >= 11 is 0. The molecular weight excluding hydrogens is 264 g/mol. The molecule has 1 atom stereocenters. The van der Waals surface area contributed by atoms with E-state index >= 15 is 0 Å². The third kappa shape index (κ3) is 5.26. The van der Waals surface area contributed by atoms with E-state index in [2.05, 4.69) is 17.1 Å². The van der Waals surface area contributed by atoms with Gasteiger partial charge in [0.05, 0.1) is 0 Å². The maximum absolute atomic E-state index is 11.5. The van der Waals surface area contributed by atoms with Crippen molar-refractivity contribution in [1.29, 1.82) is 0 Å². The molecule has 0 aromatic carbocycles. The average molecular weight is 296 g/mol. The highest BCUT2D eigenvalue weighted by molar-refractivity contribution is 5.78. The van der Waals surface area contributed by atoms with Gasteiger partial charge < -0.3 is 10.0 Å². The fourth-order valence-electron chi connectivity index (χ4n) is 3.15. The van der Waals surface area contributed by atoms with Gasteiger partial charge in [0, 0.05) is 12.6 Å². The van der Waals surface area contributed by atoms with Gasteiger partial charge in [-0.25, -0.2) is 0 Å². The molecule has 0 aromatic heterocycles. The van der Waals surface area contributed by atoms with Gasteiger partial charge in [-0.2, -0.15) is 0 Å². The first kappa shape index (κ1) is 16.8. The summed E-state index contributed by atoms with van der Waals surface area (Å²) < 4.78 is 0. The van der Waals surface area contributed by atoms with E-state index in [-0.39, 0.29) is 0 Å². The molecule has 2 rings (SSSR count). The van der Waals surface area contributed by atoms with E-state index in [1.54, 1.807) is 0 Å². The summed E-state index contributed by atoms with van der Waals surface area (Å²) in [6.07, 6.45) is 9.31. The molecule has 0 aliphatic heterocycles. The number of hydrogen-bond acceptors (Lipinski definition) is 3. The average Bonchev–Trinajstić information content (AvgIpc) is 3.19. The van der Waals surface area contributed by atoms with Crippen LogP contribution >= 0.6 is 0 Å². The predicted octanol–water partition coefficient (Wildman–Crippen LogP) is 2.87. The minimum absolute atomic E-state index is 0.442. The van der Waals surface area contributed by atoms with Crippen LogP contribution in [0.15, 0.2) is 0 Å². The molecule has 0 heterocycles. The van der Waals surface area contributed by atoms with Crippen LogP contribution in [0.3, 0.4) is 0 Å². The van der Waals surface area contributed by atoms with Crippen molar-refractivity contribution >= 4 is 5.97 Å². The quantitative estimate of drug-likeness (QED) is 0.576. The van der Waals surface area contributed by atoms with Crippen molar-refractivity contribution in [3.8, 4) is 0 Å². The van der Waals surface area contributed by atoms with Crippen LogP contribution in [-0.2, 0) is 4.79 Å². The van der Waals surface area contributed by atoms with E-state index in [9.17, 15) is 9.90 Å². The summed E-state index contributed by atoms with van der Waals surface area (Å²) in [5.41, 5.74) is -0.730. The maximum Gasteiger partial charge on any atom is 0.323 e. The normalized spacial score (nSPS) is 22.0. The minimum Gasteiger partial charge on any atom is -0.480 e. The van der Waals surface area contributed by atoms with Crippen molar-refractivity contribution in [2.24, 2.45) is 5.92 Å². The Bertz CT molecular complexity index is 340. The number of carboxylic acids is 1. The highest BCUT2D eigenvalue weighted by atomic mass is 16.4. The Hall–Kier alpha value is -0.610. The summed E-state index contributed by atoms with van der Waals surface area (Å²) in [5.74, 6) is 0.224. The van der Waals surface area contributed by atoms with Crippen LogP contribution in [0.2, 0.25) is 0 Å². The van der Waals surface area contributed by atoms with Gasteiger partial charge in [-0.3, -0.25) is 10.1 Å². The molecule has 0 aromatic rings. The Labute approximate surface area is 129 Å². The maximum atomic E-state index is 11.5. The zero-order valence-corrected chi connectivity index (χ0v) is 13.7. The summed E-state index contributed by atoms with van der Waals surface area (Å²) in [4.78, 5) is 14.0. The number of unbranched alkanes of at least 4 members (excludes halogenated alkanes) is 1. The highest BCUT2D eigenvalue weighted by Gasteiger charge is 2.37. The Morgan fingerprint density at radius 2 is 2.00 bits per heavy atom. The van der Waals surface area contributed by atoms with Crippen LogP contribution in [0.25, 0.3) is 0 Å². The molecule has 2 saturated carbocycles. The molecule has 2 fully saturated rings. The molecular formula is C17H32N2O2. The van der Waals surface area contributed by atoms with Crippen LogP contribution in [0.5, 0.6) is 0 Å². The van der Waals surface area contributed by atoms with Gasteiger partial charge in [0.25, 0.3) is 0 Å². The largest absolute Gasteiger partial charge is 0.480 e. The summed E-state index contributed by atoms with van der Waals surface area (Å²) in [6.45, 7) is 7.56. The molecule has 122 valence electrons. The van der Waals surface area contributed by atoms with Crippen LogP contribution in [-0.4, -0.2) is 47.2 Å². The van der Waals surface area contributed by atoms with Gasteiger partial charge in [-0.1, -0.05) is 13.3 Å². The van der Waals surface area contributed by atoms with Crippen molar-refractivity contribution in [3.05, 3.63) is 0 Å². The predicted molar refractivity (Wildman–Crippen MR) is 85.5 cm³/mol. The third-order valence-corrected chi connectivity index (χ3v) is 5.16. The van der Waals surface area contributed by atoms with E-state index in [0.717, 1.165) is 51.1 Å².